The second-order valence-electron chi connectivity index (χ2n) is 5.73. The zero-order valence-electron chi connectivity index (χ0n) is 13.9. The highest BCUT2D eigenvalue weighted by atomic mass is 16.1. The molecular formula is C19H25N3O. The molecule has 4 nitrogen and oxygen atoms in total. The van der Waals surface area contributed by atoms with E-state index in [9.17, 15) is 4.79 Å². The average Bonchev–Trinajstić information content (AvgIpc) is 2.56. The fraction of sp³-hybridized carbons (Fsp3) is 0.316. The van der Waals surface area contributed by atoms with Crippen LogP contribution in [0.2, 0.25) is 0 Å². The van der Waals surface area contributed by atoms with Crippen LogP contribution in [0.1, 0.15) is 12.0 Å². The number of amides is 1. The quantitative estimate of drug-likeness (QED) is 0.737. The van der Waals surface area contributed by atoms with E-state index in [0.29, 0.717) is 13.0 Å². The first-order valence-electron chi connectivity index (χ1n) is 7.97. The molecule has 2 aromatic rings. The summed E-state index contributed by atoms with van der Waals surface area (Å²) in [4.78, 5) is 13.9. The molecule has 0 bridgehead atoms. The van der Waals surface area contributed by atoms with Crippen LogP contribution < -0.4 is 15.5 Å². The molecule has 2 N–H and O–H groups in total. The van der Waals surface area contributed by atoms with Gasteiger partial charge in [-0.05, 0) is 42.8 Å². The molecule has 0 radical (unpaired) electrons. The highest BCUT2D eigenvalue weighted by molar-refractivity contribution is 5.91. The molecule has 0 aliphatic rings. The molecule has 0 saturated heterocycles. The van der Waals surface area contributed by atoms with E-state index in [1.807, 2.05) is 61.5 Å². The van der Waals surface area contributed by atoms with Gasteiger partial charge >= 0.3 is 0 Å². The van der Waals surface area contributed by atoms with Gasteiger partial charge in [0, 0.05) is 38.4 Å². The Morgan fingerprint density at radius 1 is 0.957 bits per heavy atom. The molecule has 0 fully saturated rings. The van der Waals surface area contributed by atoms with Crippen LogP contribution in [-0.4, -0.2) is 33.1 Å². The predicted molar refractivity (Wildman–Crippen MR) is 97.0 cm³/mol. The van der Waals surface area contributed by atoms with Crippen LogP contribution in [0, 0.1) is 0 Å². The fourth-order valence-electron chi connectivity index (χ4n) is 2.27. The van der Waals surface area contributed by atoms with Crippen LogP contribution in [-0.2, 0) is 11.2 Å². The topological polar surface area (TPSA) is 44.4 Å². The molecule has 0 aliphatic heterocycles. The van der Waals surface area contributed by atoms with Crippen molar-refractivity contribution in [3.8, 4) is 0 Å². The summed E-state index contributed by atoms with van der Waals surface area (Å²) in [5, 5.41) is 6.23. The Labute approximate surface area is 138 Å². The first kappa shape index (κ1) is 17.0. The van der Waals surface area contributed by atoms with Crippen molar-refractivity contribution in [2.45, 2.75) is 12.8 Å². The molecule has 0 aromatic heterocycles. The lowest BCUT2D eigenvalue weighted by Crippen LogP contribution is -2.23. The zero-order chi connectivity index (χ0) is 16.5. The lowest BCUT2D eigenvalue weighted by atomic mass is 10.1. The molecule has 0 spiro atoms. The van der Waals surface area contributed by atoms with Crippen LogP contribution in [0.5, 0.6) is 0 Å². The van der Waals surface area contributed by atoms with Gasteiger partial charge in [-0.3, -0.25) is 4.79 Å². The van der Waals surface area contributed by atoms with Crippen LogP contribution in [0.4, 0.5) is 11.4 Å². The summed E-state index contributed by atoms with van der Waals surface area (Å²) in [6.45, 7) is 1.57. The van der Waals surface area contributed by atoms with Gasteiger partial charge in [0.25, 0.3) is 0 Å². The maximum atomic E-state index is 11.9. The smallest absolute Gasteiger partial charge is 0.225 e. The molecule has 2 rings (SSSR count). The standard InChI is InChI=1S/C19H25N3O/c1-22(2)18-10-8-17(9-11-18)21-19(23)13-15-20-14-12-16-6-4-3-5-7-16/h3-11,20H,12-15H2,1-2H3,(H,21,23). The van der Waals surface area contributed by atoms with Crippen molar-refractivity contribution in [1.29, 1.82) is 0 Å². The Balaban J connectivity index is 1.63. The number of anilines is 2. The van der Waals surface area contributed by atoms with Crippen LogP contribution in [0.3, 0.4) is 0 Å². The maximum absolute atomic E-state index is 11.9. The lowest BCUT2D eigenvalue weighted by Gasteiger charge is -2.13. The third-order valence-corrected chi connectivity index (χ3v) is 3.63. The molecule has 0 saturated carbocycles. The summed E-state index contributed by atoms with van der Waals surface area (Å²) >= 11 is 0. The van der Waals surface area contributed by atoms with E-state index in [0.717, 1.165) is 24.3 Å². The Bertz CT molecular complexity index is 594. The molecule has 4 heteroatoms. The predicted octanol–water partition coefficient (Wildman–Crippen LogP) is 2.91. The van der Waals surface area contributed by atoms with Gasteiger partial charge in [-0.25, -0.2) is 0 Å². The van der Waals surface area contributed by atoms with Gasteiger partial charge in [0.2, 0.25) is 5.91 Å². The molecule has 1 amide bonds. The van der Waals surface area contributed by atoms with Crippen molar-refractivity contribution >= 4 is 17.3 Å². The van der Waals surface area contributed by atoms with Gasteiger partial charge in [0.15, 0.2) is 0 Å². The van der Waals surface area contributed by atoms with E-state index < -0.39 is 0 Å². The van der Waals surface area contributed by atoms with Gasteiger partial charge in [0.05, 0.1) is 0 Å². The monoisotopic (exact) mass is 311 g/mol. The SMILES string of the molecule is CN(C)c1ccc(NC(=O)CCNCCc2ccccc2)cc1. The fourth-order valence-corrected chi connectivity index (χ4v) is 2.27. The number of hydrogen-bond acceptors (Lipinski definition) is 3. The molecular weight excluding hydrogens is 286 g/mol. The van der Waals surface area contributed by atoms with Gasteiger partial charge < -0.3 is 15.5 Å². The Morgan fingerprint density at radius 3 is 2.30 bits per heavy atom. The number of carbonyl (C=O) groups is 1. The molecule has 0 aliphatic carbocycles. The largest absolute Gasteiger partial charge is 0.378 e. The molecule has 0 unspecified atom stereocenters. The molecule has 23 heavy (non-hydrogen) atoms. The van der Waals surface area contributed by atoms with E-state index in [-0.39, 0.29) is 5.91 Å². The van der Waals surface area contributed by atoms with E-state index in [4.69, 9.17) is 0 Å². The Morgan fingerprint density at radius 2 is 1.65 bits per heavy atom. The normalized spacial score (nSPS) is 10.3. The highest BCUT2D eigenvalue weighted by Crippen LogP contribution is 2.15. The summed E-state index contributed by atoms with van der Waals surface area (Å²) in [6, 6.07) is 18.2. The summed E-state index contributed by atoms with van der Waals surface area (Å²) in [5.74, 6) is 0.0369. The number of rotatable bonds is 8. The van der Waals surface area contributed by atoms with Crippen molar-refractivity contribution in [3.05, 3.63) is 60.2 Å². The van der Waals surface area contributed by atoms with Crippen LogP contribution >= 0.6 is 0 Å². The molecule has 0 heterocycles. The minimum atomic E-state index is 0.0369. The number of carbonyl (C=O) groups excluding carboxylic acids is 1. The van der Waals surface area contributed by atoms with Crippen molar-refractivity contribution in [2.24, 2.45) is 0 Å². The minimum absolute atomic E-state index is 0.0369. The molecule has 2 aromatic carbocycles. The van der Waals surface area contributed by atoms with E-state index in [1.54, 1.807) is 0 Å². The van der Waals surface area contributed by atoms with Gasteiger partial charge in [-0.1, -0.05) is 30.3 Å². The second-order valence-corrected chi connectivity index (χ2v) is 5.73. The minimum Gasteiger partial charge on any atom is -0.378 e. The summed E-state index contributed by atoms with van der Waals surface area (Å²) in [5.41, 5.74) is 3.26. The number of benzene rings is 2. The number of hydrogen-bond donors (Lipinski definition) is 2. The van der Waals surface area contributed by atoms with E-state index in [1.165, 1.54) is 5.56 Å². The van der Waals surface area contributed by atoms with Gasteiger partial charge in [0.1, 0.15) is 0 Å². The zero-order valence-corrected chi connectivity index (χ0v) is 13.9. The first-order valence-corrected chi connectivity index (χ1v) is 7.97. The summed E-state index contributed by atoms with van der Waals surface area (Å²) < 4.78 is 0. The van der Waals surface area contributed by atoms with Crippen molar-refractivity contribution in [1.82, 2.24) is 5.32 Å². The van der Waals surface area contributed by atoms with Crippen molar-refractivity contribution in [2.75, 3.05) is 37.4 Å². The van der Waals surface area contributed by atoms with E-state index in [2.05, 4.69) is 22.8 Å². The first-order chi connectivity index (χ1) is 11.1. The van der Waals surface area contributed by atoms with Crippen LogP contribution in [0.25, 0.3) is 0 Å². The van der Waals surface area contributed by atoms with E-state index >= 15 is 0 Å². The lowest BCUT2D eigenvalue weighted by molar-refractivity contribution is -0.116. The molecule has 122 valence electrons. The maximum Gasteiger partial charge on any atom is 0.225 e. The highest BCUT2D eigenvalue weighted by Gasteiger charge is 2.02. The Hall–Kier alpha value is -2.33. The van der Waals surface area contributed by atoms with Crippen molar-refractivity contribution < 1.29 is 4.79 Å². The number of nitrogens with zero attached hydrogens (tertiary/aromatic N) is 1. The van der Waals surface area contributed by atoms with Crippen molar-refractivity contribution in [3.63, 3.8) is 0 Å². The average molecular weight is 311 g/mol. The third-order valence-electron chi connectivity index (χ3n) is 3.63. The summed E-state index contributed by atoms with van der Waals surface area (Å²) in [7, 11) is 3.99. The van der Waals surface area contributed by atoms with Gasteiger partial charge in [-0.2, -0.15) is 0 Å². The summed E-state index contributed by atoms with van der Waals surface area (Å²) in [6.07, 6.45) is 1.46. The second kappa shape index (κ2) is 8.96. The van der Waals surface area contributed by atoms with Gasteiger partial charge in [-0.15, -0.1) is 0 Å². The Kier molecular flexibility index (Phi) is 6.63. The number of nitrogens with one attached hydrogen (secondary N) is 2. The molecule has 0 atom stereocenters. The third kappa shape index (κ3) is 6.12. The van der Waals surface area contributed by atoms with Crippen LogP contribution in [0.15, 0.2) is 54.6 Å².